The average molecular weight is 864 g/mol. The van der Waals surface area contributed by atoms with Crippen LogP contribution < -0.4 is 0 Å². The predicted molar refractivity (Wildman–Crippen MR) is 226 cm³/mol. The normalized spacial score (nSPS) is 11.1. The number of halogens is 8. The van der Waals surface area contributed by atoms with Gasteiger partial charge in [-0.25, -0.2) is 22.5 Å². The van der Waals surface area contributed by atoms with Crippen molar-refractivity contribution in [3.8, 4) is 29.4 Å². The van der Waals surface area contributed by atoms with E-state index < -0.39 is 25.5 Å². The first-order valence-electron chi connectivity index (χ1n) is 17.3. The Morgan fingerprint density at radius 1 is 0.789 bits per heavy atom. The lowest BCUT2D eigenvalue weighted by Crippen LogP contribution is -2.07. The zero-order valence-electron chi connectivity index (χ0n) is 32.4. The van der Waals surface area contributed by atoms with E-state index in [1.807, 2.05) is 102 Å². The topological polar surface area (TPSA) is 35.6 Å². The molecule has 302 valence electrons. The van der Waals surface area contributed by atoms with E-state index in [0.29, 0.717) is 33.4 Å². The third-order valence-corrected chi connectivity index (χ3v) is 9.14. The summed E-state index contributed by atoms with van der Waals surface area (Å²) in [6.07, 6.45) is 3.20. The smallest absolute Gasteiger partial charge is 0.244 e. The molecule has 5 aromatic rings. The monoisotopic (exact) mass is 862 g/mol. The van der Waals surface area contributed by atoms with Crippen LogP contribution in [0.25, 0.3) is 11.4 Å². The third-order valence-electron chi connectivity index (χ3n) is 7.03. The van der Waals surface area contributed by atoms with E-state index >= 15 is 0 Å². The van der Waals surface area contributed by atoms with Crippen LogP contribution in [0.15, 0.2) is 112 Å². The molecule has 3 aromatic carbocycles. The maximum Gasteiger partial charge on any atom is 0.435 e. The number of alkyl halides is 6. The van der Waals surface area contributed by atoms with Crippen LogP contribution in [0.2, 0.25) is 5.02 Å². The lowest BCUT2D eigenvalue weighted by atomic mass is 10.2. The van der Waals surface area contributed by atoms with Crippen LogP contribution in [0, 0.1) is 29.6 Å². The summed E-state index contributed by atoms with van der Waals surface area (Å²) in [4.78, 5) is 2.20. The molecule has 0 amide bonds. The Labute approximate surface area is 349 Å². The first-order chi connectivity index (χ1) is 27.3. The SMILES string of the molecule is C/C=C(\C(Cl)=C/C(C)C)n1nc(CF)cc1C#Cc1ccc(SC)cc1.CC.CSc1cccc(C#Cc2cc(C(F)(F)F)nn2-c2ccccc2Cl)c1.FCF. The predicted octanol–water partition coefficient (Wildman–Crippen LogP) is 13.7. The van der Waals surface area contributed by atoms with Crippen molar-refractivity contribution in [2.75, 3.05) is 19.4 Å². The molecule has 5 rings (SSSR count). The summed E-state index contributed by atoms with van der Waals surface area (Å²) in [7, 11) is 0. The summed E-state index contributed by atoms with van der Waals surface area (Å²) in [6.45, 7) is 7.57. The molecule has 0 aliphatic heterocycles. The molecule has 0 spiro atoms. The molecule has 0 atom stereocenters. The van der Waals surface area contributed by atoms with Gasteiger partial charge in [-0.15, -0.1) is 23.5 Å². The standard InChI is InChI=1S/C21H22ClFN2S.C19H12ClF3N2S.C2H6.CH2F2/c1-5-21(20(22)12-15(2)3)25-18(13-17(14-23)24-25)9-6-16-7-10-19(26-4)11-8-16;1-26-15-6-4-5-13(11-15)9-10-14-12-18(19(21,22)23)24-25(14)17-8-3-2-7-16(17)20;1-2;2-1-3/h5,7-8,10-13,15H,14H2,1-4H3;2-8,11-12H,1H3;1-2H3;1H2/b20-12+,21-5+;;;. The fraction of sp³-hybridized carbons (Fsp3) is 0.256. The van der Waals surface area contributed by atoms with Gasteiger partial charge in [0.1, 0.15) is 18.1 Å². The van der Waals surface area contributed by atoms with Crippen LogP contribution in [0.4, 0.5) is 26.3 Å². The molecule has 0 bridgehead atoms. The van der Waals surface area contributed by atoms with Crippen molar-refractivity contribution in [1.29, 1.82) is 0 Å². The zero-order chi connectivity index (χ0) is 42.5. The Morgan fingerprint density at radius 2 is 1.40 bits per heavy atom. The van der Waals surface area contributed by atoms with Crippen LogP contribution in [-0.2, 0) is 12.9 Å². The van der Waals surface area contributed by atoms with Gasteiger partial charge in [-0.1, -0.05) is 93.1 Å². The van der Waals surface area contributed by atoms with E-state index in [9.17, 15) is 26.3 Å². The Balaban J connectivity index is 0.000000354. The highest BCUT2D eigenvalue weighted by Gasteiger charge is 2.35. The second kappa shape index (κ2) is 25.0. The van der Waals surface area contributed by atoms with E-state index in [1.165, 1.54) is 4.90 Å². The van der Waals surface area contributed by atoms with Crippen molar-refractivity contribution in [1.82, 2.24) is 19.6 Å². The quantitative estimate of drug-likeness (QED) is 0.0707. The fourth-order valence-corrected chi connectivity index (χ4v) is 6.10. The molecule has 2 heterocycles. The minimum Gasteiger partial charge on any atom is -0.244 e. The van der Waals surface area contributed by atoms with Crippen LogP contribution in [-0.4, -0.2) is 39.0 Å². The number of rotatable bonds is 7. The summed E-state index contributed by atoms with van der Waals surface area (Å²) in [6, 6.07) is 24.6. The maximum atomic E-state index is 13.2. The van der Waals surface area contributed by atoms with Crippen LogP contribution in [0.3, 0.4) is 0 Å². The molecule has 57 heavy (non-hydrogen) atoms. The highest BCUT2D eigenvalue weighted by Crippen LogP contribution is 2.31. The van der Waals surface area contributed by atoms with E-state index in [2.05, 4.69) is 33.9 Å². The van der Waals surface area contributed by atoms with Crippen molar-refractivity contribution >= 4 is 52.4 Å². The number of aromatic nitrogens is 4. The van der Waals surface area contributed by atoms with Gasteiger partial charge in [0, 0.05) is 27.0 Å². The van der Waals surface area contributed by atoms with Crippen LogP contribution in [0.1, 0.15) is 68.5 Å². The van der Waals surface area contributed by atoms with Gasteiger partial charge in [-0.3, -0.25) is 0 Å². The highest BCUT2D eigenvalue weighted by atomic mass is 35.5. The molecular formula is C43H42Cl2F6N4S2. The second-order valence-corrected chi connectivity index (χ2v) is 13.9. The molecule has 0 aliphatic carbocycles. The third kappa shape index (κ3) is 15.4. The Morgan fingerprint density at radius 3 is 1.96 bits per heavy atom. The van der Waals surface area contributed by atoms with E-state index in [0.717, 1.165) is 21.2 Å². The molecule has 0 aliphatic rings. The zero-order valence-corrected chi connectivity index (χ0v) is 35.5. The van der Waals surface area contributed by atoms with Gasteiger partial charge in [0.2, 0.25) is 6.93 Å². The van der Waals surface area contributed by atoms with Crippen molar-refractivity contribution in [2.45, 2.75) is 57.3 Å². The Bertz CT molecular complexity index is 2200. The molecule has 0 saturated carbocycles. The summed E-state index contributed by atoms with van der Waals surface area (Å²) in [5, 5.41) is 8.83. The molecule has 0 unspecified atom stereocenters. The number of benzene rings is 3. The summed E-state index contributed by atoms with van der Waals surface area (Å²) in [5.41, 5.74) is 2.67. The van der Waals surface area contributed by atoms with Crippen molar-refractivity contribution in [3.05, 3.63) is 141 Å². The van der Waals surface area contributed by atoms with E-state index in [-0.39, 0.29) is 16.6 Å². The molecular weight excluding hydrogens is 822 g/mol. The van der Waals surface area contributed by atoms with Crippen molar-refractivity contribution in [2.24, 2.45) is 5.92 Å². The van der Waals surface area contributed by atoms with Gasteiger partial charge in [0.05, 0.1) is 27.1 Å². The molecule has 0 N–H and O–H groups in total. The molecule has 0 radical (unpaired) electrons. The average Bonchev–Trinajstić information content (AvgIpc) is 3.83. The minimum absolute atomic E-state index is 0.111. The van der Waals surface area contributed by atoms with Gasteiger partial charge in [0.25, 0.3) is 0 Å². The largest absolute Gasteiger partial charge is 0.435 e. The lowest BCUT2D eigenvalue weighted by Gasteiger charge is -2.09. The lowest BCUT2D eigenvalue weighted by molar-refractivity contribution is -0.141. The number of hydrogen-bond acceptors (Lipinski definition) is 4. The van der Waals surface area contributed by atoms with Gasteiger partial charge >= 0.3 is 6.18 Å². The van der Waals surface area contributed by atoms with E-state index in [1.54, 1.807) is 64.6 Å². The van der Waals surface area contributed by atoms with Crippen molar-refractivity contribution < 1.29 is 26.3 Å². The van der Waals surface area contributed by atoms with Crippen molar-refractivity contribution in [3.63, 3.8) is 0 Å². The van der Waals surface area contributed by atoms with Gasteiger partial charge in [-0.05, 0) is 97.9 Å². The number of para-hydroxylation sites is 1. The first-order valence-corrected chi connectivity index (χ1v) is 20.5. The Kier molecular flexibility index (Phi) is 21.4. The number of hydrogen-bond donors (Lipinski definition) is 0. The molecule has 0 saturated heterocycles. The van der Waals surface area contributed by atoms with Gasteiger partial charge in [0.15, 0.2) is 5.69 Å². The first kappa shape index (κ1) is 48.7. The number of nitrogens with zero attached hydrogens (tertiary/aromatic N) is 4. The molecule has 0 fully saturated rings. The number of thioether (sulfide) groups is 2. The molecule has 4 nitrogen and oxygen atoms in total. The second-order valence-electron chi connectivity index (χ2n) is 11.3. The van der Waals surface area contributed by atoms with Gasteiger partial charge in [-0.2, -0.15) is 23.4 Å². The number of allylic oxidation sites excluding steroid dienone is 4. The van der Waals surface area contributed by atoms with Crippen LogP contribution in [0.5, 0.6) is 0 Å². The minimum atomic E-state index is -4.57. The molecule has 14 heteroatoms. The fourth-order valence-electron chi connectivity index (χ4n) is 4.57. The maximum absolute atomic E-state index is 13.2. The Hall–Kier alpha value is -4.46. The highest BCUT2D eigenvalue weighted by molar-refractivity contribution is 7.98. The summed E-state index contributed by atoms with van der Waals surface area (Å²) < 4.78 is 74.4. The van der Waals surface area contributed by atoms with E-state index in [4.69, 9.17) is 23.2 Å². The molecule has 2 aromatic heterocycles. The summed E-state index contributed by atoms with van der Waals surface area (Å²) in [5.74, 6) is 12.2. The van der Waals surface area contributed by atoms with Gasteiger partial charge < -0.3 is 0 Å². The van der Waals surface area contributed by atoms with Crippen LogP contribution >= 0.6 is 46.7 Å². The summed E-state index contributed by atoms with van der Waals surface area (Å²) >= 11 is 15.8.